The topological polar surface area (TPSA) is 66.5 Å². The molecule has 0 fully saturated rings. The minimum atomic E-state index is -3.52. The van der Waals surface area contributed by atoms with E-state index in [0.717, 1.165) is 18.4 Å². The van der Waals surface area contributed by atoms with Gasteiger partial charge in [0.15, 0.2) is 0 Å². The monoisotopic (exact) mass is 364 g/mol. The highest BCUT2D eigenvalue weighted by atomic mass is 32.2. The Bertz CT molecular complexity index is 843. The van der Waals surface area contributed by atoms with E-state index in [-0.39, 0.29) is 11.8 Å². The lowest BCUT2D eigenvalue weighted by Crippen LogP contribution is -2.35. The van der Waals surface area contributed by atoms with Gasteiger partial charge in [-0.25, -0.2) is 8.42 Å². The molecule has 1 amide bonds. The molecule has 1 N–H and O–H groups in total. The van der Waals surface area contributed by atoms with Crippen molar-refractivity contribution in [3.05, 3.63) is 41.3 Å². The molecule has 1 aliphatic heterocycles. The molecule has 128 valence electrons. The molecule has 0 bridgehead atoms. The van der Waals surface area contributed by atoms with E-state index in [9.17, 15) is 13.2 Å². The smallest absolute Gasteiger partial charge is 0.273 e. The second-order valence-corrected chi connectivity index (χ2v) is 9.14. The highest BCUT2D eigenvalue weighted by Gasteiger charge is 2.29. The van der Waals surface area contributed by atoms with Gasteiger partial charge in [-0.05, 0) is 48.1 Å². The maximum atomic E-state index is 12.8. The van der Waals surface area contributed by atoms with Gasteiger partial charge in [-0.15, -0.1) is 11.3 Å². The second kappa shape index (κ2) is 6.57. The number of anilines is 2. The van der Waals surface area contributed by atoms with Crippen LogP contribution in [0.4, 0.5) is 11.4 Å². The van der Waals surface area contributed by atoms with Crippen molar-refractivity contribution in [3.8, 4) is 0 Å². The molecule has 1 aromatic heterocycles. The number of carbonyl (C=O) groups excluding carboxylic acids is 1. The fraction of sp³-hybridized carbons (Fsp3) is 0.353. The number of carbonyl (C=O) groups is 1. The third kappa shape index (κ3) is 3.18. The molecule has 24 heavy (non-hydrogen) atoms. The van der Waals surface area contributed by atoms with Crippen LogP contribution in [0, 0.1) is 5.92 Å². The first kappa shape index (κ1) is 17.0. The van der Waals surface area contributed by atoms with E-state index in [0.29, 0.717) is 22.1 Å². The highest BCUT2D eigenvalue weighted by molar-refractivity contribution is 7.94. The number of benzene rings is 1. The summed E-state index contributed by atoms with van der Waals surface area (Å²) < 4.78 is 27.5. The molecule has 0 radical (unpaired) electrons. The zero-order valence-corrected chi connectivity index (χ0v) is 15.3. The number of aryl methyl sites for hydroxylation is 1. The number of rotatable bonds is 4. The number of hydrogen-bond donors (Lipinski definition) is 1. The van der Waals surface area contributed by atoms with E-state index >= 15 is 0 Å². The molecule has 0 atom stereocenters. The molecular weight excluding hydrogens is 344 g/mol. The van der Waals surface area contributed by atoms with Crippen LogP contribution in [0.2, 0.25) is 0 Å². The summed E-state index contributed by atoms with van der Waals surface area (Å²) in [6.45, 7) is 4.15. The molecule has 1 aliphatic rings. The quantitative estimate of drug-likeness (QED) is 0.903. The highest BCUT2D eigenvalue weighted by Crippen LogP contribution is 2.34. The number of fused-ring (bicyclic) bond motifs is 1. The van der Waals surface area contributed by atoms with Gasteiger partial charge >= 0.3 is 0 Å². The molecule has 5 nitrogen and oxygen atoms in total. The molecule has 0 aliphatic carbocycles. The summed E-state index contributed by atoms with van der Waals surface area (Å²) in [4.78, 5) is 11.8. The van der Waals surface area contributed by atoms with Gasteiger partial charge in [0.2, 0.25) is 5.91 Å². The molecule has 2 heterocycles. The SMILES string of the molecule is CC(C)C(=O)Nc1ccc2c(c1)CCCN2S(=O)(=O)c1cccs1. The summed E-state index contributed by atoms with van der Waals surface area (Å²) in [5.41, 5.74) is 2.36. The van der Waals surface area contributed by atoms with Crippen LogP contribution in [0.3, 0.4) is 0 Å². The van der Waals surface area contributed by atoms with Crippen molar-refractivity contribution in [1.82, 2.24) is 0 Å². The average Bonchev–Trinajstić information content (AvgIpc) is 3.09. The first-order valence-corrected chi connectivity index (χ1v) is 10.2. The van der Waals surface area contributed by atoms with Gasteiger partial charge in [-0.1, -0.05) is 19.9 Å². The number of nitrogens with zero attached hydrogens (tertiary/aromatic N) is 1. The Morgan fingerprint density at radius 2 is 2.08 bits per heavy atom. The van der Waals surface area contributed by atoms with Gasteiger partial charge in [0.05, 0.1) is 5.69 Å². The number of thiophene rings is 1. The zero-order chi connectivity index (χ0) is 17.3. The molecule has 0 spiro atoms. The molecular formula is C17H20N2O3S2. The fourth-order valence-corrected chi connectivity index (χ4v) is 5.34. The first-order chi connectivity index (χ1) is 11.4. The van der Waals surface area contributed by atoms with Crippen molar-refractivity contribution in [1.29, 1.82) is 0 Å². The van der Waals surface area contributed by atoms with Crippen LogP contribution in [0.5, 0.6) is 0 Å². The Balaban J connectivity index is 1.93. The summed E-state index contributed by atoms with van der Waals surface area (Å²) in [5.74, 6) is -0.148. The molecule has 7 heteroatoms. The first-order valence-electron chi connectivity index (χ1n) is 7.89. The second-order valence-electron chi connectivity index (χ2n) is 6.10. The van der Waals surface area contributed by atoms with Gasteiger partial charge in [0.1, 0.15) is 4.21 Å². The molecule has 0 saturated heterocycles. The van der Waals surface area contributed by atoms with E-state index in [4.69, 9.17) is 0 Å². The van der Waals surface area contributed by atoms with Crippen molar-refractivity contribution in [2.45, 2.75) is 30.9 Å². The minimum Gasteiger partial charge on any atom is -0.326 e. The van der Waals surface area contributed by atoms with Crippen molar-refractivity contribution >= 4 is 38.6 Å². The predicted molar refractivity (Wildman–Crippen MR) is 97.1 cm³/mol. The van der Waals surface area contributed by atoms with Crippen LogP contribution >= 0.6 is 11.3 Å². The van der Waals surface area contributed by atoms with Crippen molar-refractivity contribution in [2.24, 2.45) is 5.92 Å². The van der Waals surface area contributed by atoms with Crippen LogP contribution in [0.1, 0.15) is 25.8 Å². The van der Waals surface area contributed by atoms with Crippen LogP contribution in [0.25, 0.3) is 0 Å². The van der Waals surface area contributed by atoms with E-state index in [1.165, 1.54) is 15.6 Å². The third-order valence-electron chi connectivity index (χ3n) is 3.99. The van der Waals surface area contributed by atoms with Crippen LogP contribution < -0.4 is 9.62 Å². The van der Waals surface area contributed by atoms with Crippen LogP contribution in [-0.2, 0) is 21.2 Å². The maximum Gasteiger partial charge on any atom is 0.273 e. The Labute approximate surface area is 146 Å². The summed E-state index contributed by atoms with van der Waals surface area (Å²) in [7, 11) is -3.52. The van der Waals surface area contributed by atoms with Crippen molar-refractivity contribution in [2.75, 3.05) is 16.2 Å². The van der Waals surface area contributed by atoms with Crippen LogP contribution in [-0.4, -0.2) is 20.9 Å². The Hall–Kier alpha value is -1.86. The number of sulfonamides is 1. The fourth-order valence-electron chi connectivity index (χ4n) is 2.70. The minimum absolute atomic E-state index is 0.0474. The summed E-state index contributed by atoms with van der Waals surface area (Å²) in [6.07, 6.45) is 1.57. The van der Waals surface area contributed by atoms with Crippen molar-refractivity contribution < 1.29 is 13.2 Å². The molecule has 0 unspecified atom stereocenters. The van der Waals surface area contributed by atoms with Crippen molar-refractivity contribution in [3.63, 3.8) is 0 Å². The summed E-state index contributed by atoms with van der Waals surface area (Å²) in [5, 5.41) is 4.63. The van der Waals surface area contributed by atoms with E-state index in [1.807, 2.05) is 19.9 Å². The zero-order valence-electron chi connectivity index (χ0n) is 13.7. The largest absolute Gasteiger partial charge is 0.326 e. The lowest BCUT2D eigenvalue weighted by molar-refractivity contribution is -0.118. The molecule has 0 saturated carbocycles. The number of amides is 1. The van der Waals surface area contributed by atoms with Crippen LogP contribution in [0.15, 0.2) is 39.9 Å². The third-order valence-corrected chi connectivity index (χ3v) is 7.17. The van der Waals surface area contributed by atoms with E-state index < -0.39 is 10.0 Å². The molecule has 2 aromatic rings. The molecule has 1 aromatic carbocycles. The van der Waals surface area contributed by atoms with Gasteiger partial charge < -0.3 is 5.32 Å². The summed E-state index contributed by atoms with van der Waals surface area (Å²) >= 11 is 1.23. The van der Waals surface area contributed by atoms with Gasteiger partial charge in [0, 0.05) is 18.2 Å². The lowest BCUT2D eigenvalue weighted by atomic mass is 10.0. The normalized spacial score (nSPS) is 14.5. The van der Waals surface area contributed by atoms with Gasteiger partial charge in [0.25, 0.3) is 10.0 Å². The predicted octanol–water partition coefficient (Wildman–Crippen LogP) is 3.48. The number of nitrogens with one attached hydrogen (secondary N) is 1. The standard InChI is InChI=1S/C17H20N2O3S2/c1-12(2)17(20)18-14-7-8-15-13(11-14)5-3-9-19(15)24(21,22)16-6-4-10-23-16/h4,6-8,10-12H,3,5,9H2,1-2H3,(H,18,20). The Morgan fingerprint density at radius 1 is 1.29 bits per heavy atom. The summed E-state index contributed by atoms with van der Waals surface area (Å²) in [6, 6.07) is 8.81. The van der Waals surface area contributed by atoms with Gasteiger partial charge in [-0.2, -0.15) is 0 Å². The number of hydrogen-bond acceptors (Lipinski definition) is 4. The molecule has 3 rings (SSSR count). The Kier molecular flexibility index (Phi) is 4.64. The maximum absolute atomic E-state index is 12.8. The lowest BCUT2D eigenvalue weighted by Gasteiger charge is -2.30. The van der Waals surface area contributed by atoms with Gasteiger partial charge in [-0.3, -0.25) is 9.10 Å². The van der Waals surface area contributed by atoms with E-state index in [1.54, 1.807) is 29.6 Å². The Morgan fingerprint density at radius 3 is 2.75 bits per heavy atom. The van der Waals surface area contributed by atoms with E-state index in [2.05, 4.69) is 5.32 Å². The average molecular weight is 364 g/mol.